The number of hydrogen-bond acceptors (Lipinski definition) is 7. The van der Waals surface area contributed by atoms with Gasteiger partial charge in [0.2, 0.25) is 5.91 Å². The van der Waals surface area contributed by atoms with Crippen molar-refractivity contribution in [3.8, 4) is 17.0 Å². The second-order valence-electron chi connectivity index (χ2n) is 7.70. The zero-order chi connectivity index (χ0) is 24.8. The van der Waals surface area contributed by atoms with E-state index in [4.69, 9.17) is 5.73 Å². The minimum Gasteiger partial charge on any atom is -0.417 e. The van der Waals surface area contributed by atoms with Crippen LogP contribution >= 0.6 is 0 Å². The number of aromatic nitrogens is 3. The third kappa shape index (κ3) is 4.23. The molecule has 0 aliphatic carbocycles. The van der Waals surface area contributed by atoms with Gasteiger partial charge in [-0.1, -0.05) is 0 Å². The molecular formula is C21H19F3N6O4. The molecule has 0 saturated carbocycles. The summed E-state index contributed by atoms with van der Waals surface area (Å²) in [6.07, 6.45) is -4.65. The molecule has 1 aromatic carbocycles. The van der Waals surface area contributed by atoms with Crippen LogP contribution in [-0.2, 0) is 16.0 Å². The number of fused-ring (bicyclic) bond motifs is 2. The van der Waals surface area contributed by atoms with Crippen LogP contribution in [0.2, 0.25) is 0 Å². The first-order valence-electron chi connectivity index (χ1n) is 10.1. The van der Waals surface area contributed by atoms with Crippen molar-refractivity contribution in [2.45, 2.75) is 32.5 Å². The number of nitrogens with zero attached hydrogens (tertiary/aromatic N) is 2. The molecule has 5 N–H and O–H groups in total. The Morgan fingerprint density at radius 2 is 1.94 bits per heavy atom. The molecule has 3 aromatic rings. The first-order chi connectivity index (χ1) is 16.0. The number of carbonyl (C=O) groups is 3. The molecule has 4 rings (SSSR count). The van der Waals surface area contributed by atoms with E-state index in [0.29, 0.717) is 35.5 Å². The van der Waals surface area contributed by atoms with Crippen LogP contribution in [0.5, 0.6) is 5.75 Å². The SMILES string of the molecule is Cc1nc2c(OC(=O)C(F)(F)F)ccc(-c3cc4c([nH]3)CCNC4=O)c2nc1NC(C)C(N)=O. The zero-order valence-electron chi connectivity index (χ0n) is 18.0. The molecule has 2 amide bonds. The summed E-state index contributed by atoms with van der Waals surface area (Å²) in [6, 6.07) is 3.36. The minimum absolute atomic E-state index is 0.0799. The van der Waals surface area contributed by atoms with Crippen molar-refractivity contribution in [2.75, 3.05) is 11.9 Å². The Balaban J connectivity index is 1.90. The van der Waals surface area contributed by atoms with Crippen LogP contribution in [0.3, 0.4) is 0 Å². The van der Waals surface area contributed by atoms with E-state index >= 15 is 0 Å². The van der Waals surface area contributed by atoms with Gasteiger partial charge in [-0.25, -0.2) is 14.8 Å². The number of nitrogens with two attached hydrogens (primary N) is 1. The van der Waals surface area contributed by atoms with E-state index in [-0.39, 0.29) is 28.5 Å². The maximum Gasteiger partial charge on any atom is 0.491 e. The van der Waals surface area contributed by atoms with Gasteiger partial charge in [0.15, 0.2) is 5.75 Å². The van der Waals surface area contributed by atoms with Crippen LogP contribution in [0.25, 0.3) is 22.3 Å². The molecule has 1 aliphatic heterocycles. The fraction of sp³-hybridized carbons (Fsp3) is 0.286. The van der Waals surface area contributed by atoms with Crippen LogP contribution in [0.4, 0.5) is 19.0 Å². The Labute approximate surface area is 190 Å². The van der Waals surface area contributed by atoms with Gasteiger partial charge in [-0.05, 0) is 32.0 Å². The average Bonchev–Trinajstić information content (AvgIpc) is 3.19. The summed E-state index contributed by atoms with van der Waals surface area (Å²) in [7, 11) is 0. The fourth-order valence-electron chi connectivity index (χ4n) is 3.50. The van der Waals surface area contributed by atoms with E-state index in [0.717, 1.165) is 0 Å². The Bertz CT molecular complexity index is 1330. The van der Waals surface area contributed by atoms with Crippen LogP contribution in [0.15, 0.2) is 18.2 Å². The van der Waals surface area contributed by atoms with Gasteiger partial charge >= 0.3 is 12.1 Å². The second kappa shape index (κ2) is 8.32. The van der Waals surface area contributed by atoms with Crippen molar-refractivity contribution in [1.82, 2.24) is 20.3 Å². The molecule has 0 spiro atoms. The minimum atomic E-state index is -5.21. The number of nitrogens with one attached hydrogen (secondary N) is 3. The number of aromatic amines is 1. The van der Waals surface area contributed by atoms with E-state index in [1.807, 2.05) is 0 Å². The highest BCUT2D eigenvalue weighted by Gasteiger charge is 2.42. The van der Waals surface area contributed by atoms with Crippen LogP contribution in [-0.4, -0.2) is 51.5 Å². The molecule has 0 bridgehead atoms. The standard InChI is InChI=1S/C21H19F3N6O4/c1-8(17(25)31)28-18-9(2)27-16-14(34-20(33)21(22,23)24)4-3-10(15(16)30-18)13-7-11-12(29-13)5-6-26-19(11)32/h3-4,7-8,29H,5-6H2,1-2H3,(H2,25,31)(H,26,32)(H,28,30). The Morgan fingerprint density at radius 1 is 1.21 bits per heavy atom. The number of anilines is 1. The molecule has 34 heavy (non-hydrogen) atoms. The molecule has 3 heterocycles. The van der Waals surface area contributed by atoms with Gasteiger partial charge in [0.1, 0.15) is 22.9 Å². The summed E-state index contributed by atoms with van der Waals surface area (Å²) in [5.41, 5.74) is 7.49. The molecule has 2 aromatic heterocycles. The number of alkyl halides is 3. The zero-order valence-corrected chi connectivity index (χ0v) is 18.0. The molecule has 1 unspecified atom stereocenters. The molecule has 0 fully saturated rings. The van der Waals surface area contributed by atoms with Gasteiger partial charge in [-0.15, -0.1) is 0 Å². The molecule has 1 atom stereocenters. The number of amides is 2. The highest BCUT2D eigenvalue weighted by atomic mass is 19.4. The lowest BCUT2D eigenvalue weighted by Gasteiger charge is -2.16. The average molecular weight is 476 g/mol. The number of benzene rings is 1. The number of esters is 1. The summed E-state index contributed by atoms with van der Waals surface area (Å²) < 4.78 is 43.0. The Hall–Kier alpha value is -4.16. The van der Waals surface area contributed by atoms with Crippen LogP contribution in [0, 0.1) is 6.92 Å². The molecule has 178 valence electrons. The van der Waals surface area contributed by atoms with Gasteiger partial charge < -0.3 is 26.1 Å². The van der Waals surface area contributed by atoms with E-state index in [1.54, 1.807) is 6.07 Å². The fourth-order valence-corrected chi connectivity index (χ4v) is 3.50. The first-order valence-corrected chi connectivity index (χ1v) is 10.1. The summed E-state index contributed by atoms with van der Waals surface area (Å²) in [4.78, 5) is 47.0. The molecule has 1 aliphatic rings. The topological polar surface area (TPSA) is 152 Å². The Morgan fingerprint density at radius 3 is 2.59 bits per heavy atom. The normalized spacial score (nSPS) is 14.3. The van der Waals surface area contributed by atoms with Crippen molar-refractivity contribution in [1.29, 1.82) is 0 Å². The van der Waals surface area contributed by atoms with Crippen molar-refractivity contribution in [2.24, 2.45) is 5.73 Å². The number of hydrogen-bond donors (Lipinski definition) is 4. The molecule has 13 heteroatoms. The van der Waals surface area contributed by atoms with Gasteiger partial charge in [-0.3, -0.25) is 9.59 Å². The lowest BCUT2D eigenvalue weighted by Crippen LogP contribution is -2.33. The highest BCUT2D eigenvalue weighted by molar-refractivity contribution is 6.01. The maximum atomic E-state index is 12.8. The maximum absolute atomic E-state index is 12.8. The molecular weight excluding hydrogens is 457 g/mol. The summed E-state index contributed by atoms with van der Waals surface area (Å²) in [6.45, 7) is 3.48. The van der Waals surface area contributed by atoms with Gasteiger partial charge in [0.05, 0.1) is 11.3 Å². The first kappa shape index (κ1) is 23.0. The van der Waals surface area contributed by atoms with E-state index < -0.39 is 29.8 Å². The van der Waals surface area contributed by atoms with Crippen molar-refractivity contribution >= 4 is 34.6 Å². The third-order valence-corrected chi connectivity index (χ3v) is 5.27. The van der Waals surface area contributed by atoms with Crippen LogP contribution < -0.4 is 21.1 Å². The number of halogens is 3. The van der Waals surface area contributed by atoms with Gasteiger partial charge in [0.25, 0.3) is 5.91 Å². The molecule has 10 nitrogen and oxygen atoms in total. The van der Waals surface area contributed by atoms with Gasteiger partial charge in [-0.2, -0.15) is 13.2 Å². The van der Waals surface area contributed by atoms with E-state index in [9.17, 15) is 27.6 Å². The molecule has 0 radical (unpaired) electrons. The number of carbonyl (C=O) groups excluding carboxylic acids is 3. The number of aryl methyl sites for hydroxylation is 1. The van der Waals surface area contributed by atoms with Crippen molar-refractivity contribution < 1.29 is 32.3 Å². The highest BCUT2D eigenvalue weighted by Crippen LogP contribution is 2.35. The summed E-state index contributed by atoms with van der Waals surface area (Å²) in [5.74, 6) is -3.60. The third-order valence-electron chi connectivity index (χ3n) is 5.27. The van der Waals surface area contributed by atoms with E-state index in [2.05, 4.69) is 30.3 Å². The smallest absolute Gasteiger partial charge is 0.417 e. The van der Waals surface area contributed by atoms with Crippen molar-refractivity contribution in [3.05, 3.63) is 35.2 Å². The lowest BCUT2D eigenvalue weighted by atomic mass is 10.1. The number of ether oxygens (including phenoxy) is 1. The largest absolute Gasteiger partial charge is 0.491 e. The second-order valence-corrected chi connectivity index (χ2v) is 7.70. The Kier molecular flexibility index (Phi) is 5.63. The van der Waals surface area contributed by atoms with Crippen LogP contribution in [0.1, 0.15) is 28.7 Å². The van der Waals surface area contributed by atoms with E-state index in [1.165, 1.54) is 26.0 Å². The van der Waals surface area contributed by atoms with Crippen molar-refractivity contribution in [3.63, 3.8) is 0 Å². The predicted octanol–water partition coefficient (Wildman–Crippen LogP) is 1.97. The summed E-state index contributed by atoms with van der Waals surface area (Å²) >= 11 is 0. The monoisotopic (exact) mass is 476 g/mol. The molecule has 0 saturated heterocycles. The number of rotatable bonds is 5. The lowest BCUT2D eigenvalue weighted by molar-refractivity contribution is -0.189. The summed E-state index contributed by atoms with van der Waals surface area (Å²) in [5, 5.41) is 5.54. The quantitative estimate of drug-likeness (QED) is 0.325. The number of H-pyrrole nitrogens is 1. The predicted molar refractivity (Wildman–Crippen MR) is 114 cm³/mol. The number of primary amides is 1. The van der Waals surface area contributed by atoms with Gasteiger partial charge in [0, 0.05) is 29.9 Å².